The van der Waals surface area contributed by atoms with E-state index in [0.29, 0.717) is 24.2 Å². The molecule has 6 bridgehead atoms. The number of hydrogen-bond donors (Lipinski definition) is 3. The van der Waals surface area contributed by atoms with Crippen LogP contribution in [-0.2, 0) is 16.0 Å². The van der Waals surface area contributed by atoms with Gasteiger partial charge in [-0.2, -0.15) is 0 Å². The van der Waals surface area contributed by atoms with E-state index in [-0.39, 0.29) is 46.0 Å². The van der Waals surface area contributed by atoms with E-state index < -0.39 is 11.7 Å². The third-order valence-electron chi connectivity index (χ3n) is 13.4. The zero-order valence-electron chi connectivity index (χ0n) is 23.8. The first-order chi connectivity index (χ1) is 18.6. The summed E-state index contributed by atoms with van der Waals surface area (Å²) in [5.74, 6) is 3.91. The van der Waals surface area contributed by atoms with Gasteiger partial charge >= 0.3 is 0 Å². The first-order valence-electron chi connectivity index (χ1n) is 15.1. The molecule has 12 atom stereocenters. The lowest BCUT2D eigenvalue weighted by Crippen LogP contribution is -2.63. The highest BCUT2D eigenvalue weighted by atomic mass is 33.1. The van der Waals surface area contributed by atoms with Crippen molar-refractivity contribution >= 4 is 33.1 Å². The summed E-state index contributed by atoms with van der Waals surface area (Å²) in [4.78, 5) is 13.5. The maximum absolute atomic E-state index is 13.5. The minimum atomic E-state index is -1.04. The molecule has 12 unspecified atom stereocenters. The van der Waals surface area contributed by atoms with Crippen LogP contribution in [0, 0.1) is 45.8 Å². The molecule has 1 aromatic rings. The molecule has 1 heterocycles. The van der Waals surface area contributed by atoms with Gasteiger partial charge in [0.05, 0.1) is 24.2 Å². The third-order valence-corrected chi connectivity index (χ3v) is 16.0. The Morgan fingerprint density at radius 2 is 1.87 bits per heavy atom. The molecule has 214 valence electrons. The van der Waals surface area contributed by atoms with Crippen molar-refractivity contribution in [3.05, 3.63) is 29.8 Å². The molecule has 39 heavy (non-hydrogen) atoms. The minimum absolute atomic E-state index is 0.0255. The molecule has 0 amide bonds. The highest BCUT2D eigenvalue weighted by Gasteiger charge is 2.87. The van der Waals surface area contributed by atoms with Crippen molar-refractivity contribution in [3.8, 4) is 0 Å². The second-order valence-electron chi connectivity index (χ2n) is 14.4. The van der Waals surface area contributed by atoms with Gasteiger partial charge in [0.2, 0.25) is 0 Å². The molecule has 5 aliphatic carbocycles. The van der Waals surface area contributed by atoms with Crippen LogP contribution in [0.2, 0.25) is 0 Å². The lowest BCUT2D eigenvalue weighted by Gasteiger charge is -2.61. The number of aliphatic hydroxyl groups is 2. The largest absolute Gasteiger partial charge is 0.391 e. The van der Waals surface area contributed by atoms with E-state index in [2.05, 4.69) is 43.4 Å². The maximum Gasteiger partial charge on any atom is 0.141 e. The number of rotatable bonds is 2. The molecule has 7 heteroatoms. The van der Waals surface area contributed by atoms with Gasteiger partial charge in [-0.25, -0.2) is 0 Å². The van der Waals surface area contributed by atoms with Crippen molar-refractivity contribution in [2.45, 2.75) is 89.6 Å². The van der Waals surface area contributed by atoms with Crippen molar-refractivity contribution in [1.82, 2.24) is 0 Å². The molecule has 1 aromatic carbocycles. The Kier molecular flexibility index (Phi) is 6.35. The number of hydrogen-bond acceptors (Lipinski definition) is 7. The highest BCUT2D eigenvalue weighted by molar-refractivity contribution is 8.76. The summed E-state index contributed by atoms with van der Waals surface area (Å²) in [6.45, 7) is 6.75. The van der Waals surface area contributed by atoms with Gasteiger partial charge in [0.25, 0.3) is 0 Å². The Hall–Kier alpha value is -0.730. The Morgan fingerprint density at radius 3 is 2.64 bits per heavy atom. The second kappa shape index (κ2) is 9.13. The number of carbonyl (C=O) groups excluding carboxylic acids is 1. The van der Waals surface area contributed by atoms with E-state index >= 15 is 0 Å². The lowest BCUT2D eigenvalue weighted by molar-refractivity contribution is -0.221. The van der Waals surface area contributed by atoms with Crippen molar-refractivity contribution < 1.29 is 19.7 Å². The zero-order valence-corrected chi connectivity index (χ0v) is 25.5. The summed E-state index contributed by atoms with van der Waals surface area (Å²) in [7, 11) is 5.56. The highest BCUT2D eigenvalue weighted by Crippen LogP contribution is 2.86. The van der Waals surface area contributed by atoms with Gasteiger partial charge in [-0.1, -0.05) is 47.6 Å². The molecule has 5 nitrogen and oxygen atoms in total. The number of Topliss-reactive ketones (excluding diaryl/α,β-unsaturated/α-hetero) is 1. The number of benzene rings is 1. The first kappa shape index (κ1) is 27.1. The Labute approximate surface area is 241 Å². The van der Waals surface area contributed by atoms with Crippen LogP contribution in [0.1, 0.15) is 64.9 Å². The number of nitrogens with one attached hydrogen (secondary N) is 1. The standard InChI is InChI=1S/C32H45NO4S2/c1-18(34)25-17-39-38-16-21-15-31(14-20(21)10-19-6-5-7-23(11-19)33-25)9-8-22-12-24-28-26(35)13-27(37-4)32(28,36)29(22,2)30(24,31)3/h5-7,11,18,20-22,24-25,27-28,33-34,36H,8-10,12-17H2,1-4H3. The molecule has 5 fully saturated rings. The molecule has 7 rings (SSSR count). The predicted octanol–water partition coefficient (Wildman–Crippen LogP) is 5.59. The summed E-state index contributed by atoms with van der Waals surface area (Å²) >= 11 is 0. The first-order valence-corrected chi connectivity index (χ1v) is 17.6. The van der Waals surface area contributed by atoms with E-state index in [4.69, 9.17) is 4.74 Å². The molecular weight excluding hydrogens is 526 g/mol. The van der Waals surface area contributed by atoms with Crippen molar-refractivity contribution in [2.75, 3.05) is 23.9 Å². The van der Waals surface area contributed by atoms with Crippen molar-refractivity contribution in [2.24, 2.45) is 45.8 Å². The van der Waals surface area contributed by atoms with Crippen molar-refractivity contribution in [1.29, 1.82) is 0 Å². The number of carbonyl (C=O) groups is 1. The molecule has 1 spiro atoms. The average molecular weight is 572 g/mol. The summed E-state index contributed by atoms with van der Waals surface area (Å²) in [6.07, 6.45) is 6.54. The number of anilines is 1. The number of aliphatic hydroxyl groups excluding tert-OH is 1. The van der Waals surface area contributed by atoms with Crippen LogP contribution in [0.5, 0.6) is 0 Å². The Balaban J connectivity index is 1.26. The van der Waals surface area contributed by atoms with Crippen LogP contribution < -0.4 is 5.32 Å². The van der Waals surface area contributed by atoms with Crippen LogP contribution in [-0.4, -0.2) is 58.5 Å². The fraction of sp³-hybridized carbons (Fsp3) is 0.781. The average Bonchev–Trinajstić information content (AvgIpc) is 3.48. The Bertz CT molecular complexity index is 1160. The number of fused-ring (bicyclic) bond motifs is 5. The summed E-state index contributed by atoms with van der Waals surface area (Å²) < 4.78 is 5.91. The van der Waals surface area contributed by atoms with Gasteiger partial charge in [0, 0.05) is 36.1 Å². The van der Waals surface area contributed by atoms with Gasteiger partial charge in [0.1, 0.15) is 11.4 Å². The Morgan fingerprint density at radius 1 is 1.10 bits per heavy atom. The van der Waals surface area contributed by atoms with E-state index in [0.717, 1.165) is 30.0 Å². The van der Waals surface area contributed by atoms with E-state index in [1.54, 1.807) is 7.11 Å². The predicted molar refractivity (Wildman–Crippen MR) is 159 cm³/mol. The van der Waals surface area contributed by atoms with E-state index in [9.17, 15) is 15.0 Å². The molecule has 1 aliphatic heterocycles. The minimum Gasteiger partial charge on any atom is -0.391 e. The van der Waals surface area contributed by atoms with Gasteiger partial charge in [-0.15, -0.1) is 0 Å². The van der Waals surface area contributed by atoms with Crippen LogP contribution in [0.15, 0.2) is 24.3 Å². The zero-order chi connectivity index (χ0) is 27.4. The van der Waals surface area contributed by atoms with E-state index in [1.807, 2.05) is 28.5 Å². The molecule has 0 radical (unpaired) electrons. The van der Waals surface area contributed by atoms with Crippen LogP contribution in [0.25, 0.3) is 0 Å². The monoisotopic (exact) mass is 571 g/mol. The molecule has 0 saturated heterocycles. The topological polar surface area (TPSA) is 78.8 Å². The molecular formula is C32H45NO4S2. The molecule has 5 saturated carbocycles. The number of methoxy groups -OCH3 is 1. The third kappa shape index (κ3) is 3.37. The van der Waals surface area contributed by atoms with Gasteiger partial charge in [-0.3, -0.25) is 4.79 Å². The lowest BCUT2D eigenvalue weighted by atomic mass is 9.44. The fourth-order valence-electron chi connectivity index (χ4n) is 11.6. The maximum atomic E-state index is 13.5. The quantitative estimate of drug-likeness (QED) is 0.400. The van der Waals surface area contributed by atoms with Gasteiger partial charge < -0.3 is 20.3 Å². The summed E-state index contributed by atoms with van der Waals surface area (Å²) in [6, 6.07) is 8.87. The smallest absolute Gasteiger partial charge is 0.141 e. The SMILES string of the molecule is COC1CC(=O)C2C3CC4CCC5(CC6CSSCC(C(C)O)Nc7cccc(c7)CC6C5)C3(C)C4(C)C12O. The molecule has 6 aliphatic rings. The number of ketones is 1. The van der Waals surface area contributed by atoms with Gasteiger partial charge in [-0.05, 0) is 97.6 Å². The fourth-order valence-corrected chi connectivity index (χ4v) is 14.4. The number of ether oxygens (including phenoxy) is 1. The van der Waals surface area contributed by atoms with Crippen LogP contribution >= 0.6 is 21.6 Å². The van der Waals surface area contributed by atoms with Crippen LogP contribution in [0.4, 0.5) is 5.69 Å². The second-order valence-corrected chi connectivity index (χ2v) is 16.9. The summed E-state index contributed by atoms with van der Waals surface area (Å²) in [5, 5.41) is 26.6. The van der Waals surface area contributed by atoms with Crippen molar-refractivity contribution in [3.63, 3.8) is 0 Å². The van der Waals surface area contributed by atoms with E-state index in [1.165, 1.54) is 31.2 Å². The van der Waals surface area contributed by atoms with Crippen LogP contribution in [0.3, 0.4) is 0 Å². The summed E-state index contributed by atoms with van der Waals surface area (Å²) in [5.41, 5.74) is 1.23. The molecule has 0 aromatic heterocycles. The normalized spacial score (nSPS) is 51.1. The van der Waals surface area contributed by atoms with Gasteiger partial charge in [0.15, 0.2) is 0 Å². The molecule has 3 N–H and O–H groups in total.